The van der Waals surface area contributed by atoms with Crippen molar-refractivity contribution < 1.29 is 8.42 Å². The molecule has 0 unspecified atom stereocenters. The van der Waals surface area contributed by atoms with Gasteiger partial charge < -0.3 is 9.47 Å². The molecule has 0 bridgehead atoms. The van der Waals surface area contributed by atoms with Gasteiger partial charge in [0.2, 0.25) is 15.0 Å². The van der Waals surface area contributed by atoms with Crippen molar-refractivity contribution in [2.45, 2.75) is 44.8 Å². The third kappa shape index (κ3) is 5.21. The first-order chi connectivity index (χ1) is 13.4. The Morgan fingerprint density at radius 2 is 1.68 bits per heavy atom. The fourth-order valence-electron chi connectivity index (χ4n) is 3.68. The Hall–Kier alpha value is -1.70. The van der Waals surface area contributed by atoms with Crippen LogP contribution in [-0.2, 0) is 28.7 Å². The number of aromatic nitrogens is 2. The fourth-order valence-corrected chi connectivity index (χ4v) is 5.18. The number of sulfone groups is 1. The molecule has 0 aliphatic carbocycles. The van der Waals surface area contributed by atoms with Crippen LogP contribution in [0.15, 0.2) is 41.7 Å². The average molecular weight is 405 g/mol. The highest BCUT2D eigenvalue weighted by molar-refractivity contribution is 7.90. The summed E-state index contributed by atoms with van der Waals surface area (Å²) in [4.78, 5) is 9.21. The maximum absolute atomic E-state index is 13.1. The molecule has 1 aliphatic rings. The van der Waals surface area contributed by atoms with E-state index in [2.05, 4.69) is 35.6 Å². The van der Waals surface area contributed by atoms with Gasteiger partial charge in [0.25, 0.3) is 0 Å². The molecule has 0 N–H and O–H groups in total. The topological polar surface area (TPSA) is 58.4 Å². The first-order valence-corrected chi connectivity index (χ1v) is 11.8. The van der Waals surface area contributed by atoms with E-state index in [1.165, 1.54) is 0 Å². The third-order valence-electron chi connectivity index (χ3n) is 5.22. The Morgan fingerprint density at radius 1 is 1.04 bits per heavy atom. The summed E-state index contributed by atoms with van der Waals surface area (Å²) < 4.78 is 28.1. The lowest BCUT2D eigenvalue weighted by atomic mass is 10.2. The smallest absolute Gasteiger partial charge is 0.228 e. The lowest BCUT2D eigenvalue weighted by Gasteiger charge is -2.34. The average Bonchev–Trinajstić information content (AvgIpc) is 3.05. The van der Waals surface area contributed by atoms with E-state index in [1.54, 1.807) is 6.20 Å². The van der Waals surface area contributed by atoms with Crippen molar-refractivity contribution in [2.75, 3.05) is 32.7 Å². The van der Waals surface area contributed by atoms with Gasteiger partial charge in [-0.05, 0) is 18.0 Å². The molecule has 0 saturated carbocycles. The predicted octanol–water partition coefficient (Wildman–Crippen LogP) is 2.65. The van der Waals surface area contributed by atoms with Crippen LogP contribution < -0.4 is 0 Å². The minimum Gasteiger partial charge on any atom is -0.317 e. The molecule has 28 heavy (non-hydrogen) atoms. The molecule has 3 rings (SSSR count). The first kappa shape index (κ1) is 21.0. The van der Waals surface area contributed by atoms with Crippen LogP contribution in [0, 0.1) is 5.92 Å². The first-order valence-electron chi connectivity index (χ1n) is 10.1. The molecule has 1 saturated heterocycles. The Labute approximate surface area is 169 Å². The molecule has 0 spiro atoms. The highest BCUT2D eigenvalue weighted by Gasteiger charge is 2.25. The van der Waals surface area contributed by atoms with E-state index in [0.717, 1.165) is 50.5 Å². The van der Waals surface area contributed by atoms with Crippen molar-refractivity contribution in [2.24, 2.45) is 5.92 Å². The van der Waals surface area contributed by atoms with Crippen molar-refractivity contribution in [3.05, 3.63) is 47.8 Å². The van der Waals surface area contributed by atoms with E-state index in [4.69, 9.17) is 0 Å². The van der Waals surface area contributed by atoms with Gasteiger partial charge in [0.15, 0.2) is 0 Å². The number of benzene rings is 1. The molecule has 1 aromatic carbocycles. The second kappa shape index (κ2) is 9.20. The maximum atomic E-state index is 13.1. The highest BCUT2D eigenvalue weighted by atomic mass is 32.2. The van der Waals surface area contributed by atoms with Gasteiger partial charge in [0.05, 0.1) is 17.6 Å². The van der Waals surface area contributed by atoms with Crippen LogP contribution in [0.25, 0.3) is 0 Å². The Bertz CT molecular complexity index is 854. The van der Waals surface area contributed by atoms with Crippen LogP contribution in [0.1, 0.15) is 32.0 Å². The number of nitrogens with zero attached hydrogens (tertiary/aromatic N) is 4. The van der Waals surface area contributed by atoms with Gasteiger partial charge >= 0.3 is 0 Å². The second-order valence-electron chi connectivity index (χ2n) is 7.99. The Balaban J connectivity index is 1.82. The summed E-state index contributed by atoms with van der Waals surface area (Å²) in [6.07, 6.45) is 1.76. The van der Waals surface area contributed by atoms with E-state index in [9.17, 15) is 8.42 Å². The number of rotatable bonds is 8. The van der Waals surface area contributed by atoms with Crippen LogP contribution in [0.2, 0.25) is 0 Å². The standard InChI is InChI=1S/C21H32N4O2S/c1-4-23-10-12-24(13-11-23)16-20-14-22-21(25(20)15-18(2)3)28(26,27)17-19-8-6-5-7-9-19/h5-9,14,18H,4,10-13,15-17H2,1-3H3. The molecule has 154 valence electrons. The minimum absolute atomic E-state index is 0.0163. The lowest BCUT2D eigenvalue weighted by Crippen LogP contribution is -2.45. The van der Waals surface area contributed by atoms with Crippen molar-refractivity contribution >= 4 is 9.84 Å². The molecule has 0 amide bonds. The van der Waals surface area contributed by atoms with Crippen molar-refractivity contribution in [1.29, 1.82) is 0 Å². The molecular formula is C21H32N4O2S. The minimum atomic E-state index is -3.50. The lowest BCUT2D eigenvalue weighted by molar-refractivity contribution is 0.129. The molecule has 2 heterocycles. The zero-order valence-corrected chi connectivity index (χ0v) is 18.0. The molecule has 1 fully saturated rings. The largest absolute Gasteiger partial charge is 0.317 e. The van der Waals surface area contributed by atoms with E-state index in [1.807, 2.05) is 34.9 Å². The fraction of sp³-hybridized carbons (Fsp3) is 0.571. The molecule has 1 aromatic heterocycles. The van der Waals surface area contributed by atoms with Crippen LogP contribution in [0.5, 0.6) is 0 Å². The van der Waals surface area contributed by atoms with Crippen molar-refractivity contribution in [3.63, 3.8) is 0 Å². The molecular weight excluding hydrogens is 372 g/mol. The highest BCUT2D eigenvalue weighted by Crippen LogP contribution is 2.20. The monoisotopic (exact) mass is 404 g/mol. The Kier molecular flexibility index (Phi) is 6.91. The zero-order valence-electron chi connectivity index (χ0n) is 17.2. The second-order valence-corrected chi connectivity index (χ2v) is 9.87. The number of piperazine rings is 1. The van der Waals surface area contributed by atoms with E-state index >= 15 is 0 Å². The van der Waals surface area contributed by atoms with Crippen LogP contribution in [0.3, 0.4) is 0 Å². The van der Waals surface area contributed by atoms with Gasteiger partial charge in [-0.15, -0.1) is 0 Å². The molecule has 6 nitrogen and oxygen atoms in total. The zero-order chi connectivity index (χ0) is 20.1. The van der Waals surface area contributed by atoms with Crippen LogP contribution >= 0.6 is 0 Å². The maximum Gasteiger partial charge on any atom is 0.228 e. The summed E-state index contributed by atoms with van der Waals surface area (Å²) >= 11 is 0. The van der Waals surface area contributed by atoms with E-state index in [0.29, 0.717) is 12.5 Å². The van der Waals surface area contributed by atoms with Gasteiger partial charge in [-0.3, -0.25) is 4.90 Å². The number of imidazole rings is 1. The summed E-state index contributed by atoms with van der Waals surface area (Å²) in [7, 11) is -3.50. The van der Waals surface area contributed by atoms with Crippen LogP contribution in [0.4, 0.5) is 0 Å². The third-order valence-corrected chi connectivity index (χ3v) is 6.82. The van der Waals surface area contributed by atoms with Gasteiger partial charge in [-0.1, -0.05) is 51.1 Å². The summed E-state index contributed by atoms with van der Waals surface area (Å²) in [5.74, 6) is 0.327. The summed E-state index contributed by atoms with van der Waals surface area (Å²) in [5.41, 5.74) is 1.78. The van der Waals surface area contributed by atoms with E-state index < -0.39 is 9.84 Å². The molecule has 0 radical (unpaired) electrons. The number of hydrogen-bond donors (Lipinski definition) is 0. The van der Waals surface area contributed by atoms with Gasteiger partial charge in [0, 0.05) is 39.3 Å². The molecule has 7 heteroatoms. The molecule has 2 aromatic rings. The van der Waals surface area contributed by atoms with Gasteiger partial charge in [-0.2, -0.15) is 0 Å². The molecule has 0 atom stereocenters. The SMILES string of the molecule is CCN1CCN(Cc2cnc(S(=O)(=O)Cc3ccccc3)n2CC(C)C)CC1. The number of hydrogen-bond acceptors (Lipinski definition) is 5. The summed E-state index contributed by atoms with van der Waals surface area (Å²) in [6, 6.07) is 9.33. The normalized spacial score (nSPS) is 16.7. The van der Waals surface area contributed by atoms with Gasteiger partial charge in [-0.25, -0.2) is 13.4 Å². The predicted molar refractivity (Wildman–Crippen MR) is 112 cm³/mol. The molecule has 1 aliphatic heterocycles. The quantitative estimate of drug-likeness (QED) is 0.677. The summed E-state index contributed by atoms with van der Waals surface area (Å²) in [6.45, 7) is 13.0. The van der Waals surface area contributed by atoms with Crippen molar-refractivity contribution in [3.8, 4) is 0 Å². The van der Waals surface area contributed by atoms with Crippen molar-refractivity contribution in [1.82, 2.24) is 19.4 Å². The van der Waals surface area contributed by atoms with Crippen LogP contribution in [-0.4, -0.2) is 60.5 Å². The number of likely N-dealkylation sites (N-methyl/N-ethyl adjacent to an activating group) is 1. The van der Waals surface area contributed by atoms with E-state index in [-0.39, 0.29) is 10.9 Å². The van der Waals surface area contributed by atoms with Gasteiger partial charge in [0.1, 0.15) is 0 Å². The summed E-state index contributed by atoms with van der Waals surface area (Å²) in [5, 5.41) is 0.201. The Morgan fingerprint density at radius 3 is 2.29 bits per heavy atom.